The van der Waals surface area contributed by atoms with Gasteiger partial charge in [-0.05, 0) is 18.8 Å². The maximum absolute atomic E-state index is 6.34. The Kier molecular flexibility index (Phi) is 3.97. The predicted octanol–water partition coefficient (Wildman–Crippen LogP) is 2.51. The first kappa shape index (κ1) is 13.0. The van der Waals surface area contributed by atoms with Crippen molar-refractivity contribution < 1.29 is 14.2 Å². The van der Waals surface area contributed by atoms with E-state index in [1.54, 1.807) is 21.3 Å². The number of nitrogens with two attached hydrogens (primary N) is 1. The van der Waals surface area contributed by atoms with Crippen LogP contribution in [0.5, 0.6) is 17.2 Å². The van der Waals surface area contributed by atoms with Crippen LogP contribution in [0.25, 0.3) is 0 Å². The first-order chi connectivity index (χ1) is 8.71. The van der Waals surface area contributed by atoms with Crippen molar-refractivity contribution in [3.05, 3.63) is 17.7 Å². The fourth-order valence-electron chi connectivity index (χ4n) is 2.40. The topological polar surface area (TPSA) is 53.7 Å². The molecule has 0 amide bonds. The summed E-state index contributed by atoms with van der Waals surface area (Å²) in [5, 5.41) is 0. The van der Waals surface area contributed by atoms with E-state index < -0.39 is 0 Å². The van der Waals surface area contributed by atoms with Crippen LogP contribution >= 0.6 is 0 Å². The Balaban J connectivity index is 2.41. The van der Waals surface area contributed by atoms with Crippen molar-refractivity contribution in [2.45, 2.75) is 25.3 Å². The molecule has 0 radical (unpaired) electrons. The molecule has 1 atom stereocenters. The Morgan fingerprint density at radius 3 is 1.94 bits per heavy atom. The number of rotatable bonds is 5. The molecular formula is C14H21NO3. The van der Waals surface area contributed by atoms with E-state index in [-0.39, 0.29) is 6.04 Å². The number of methoxy groups -OCH3 is 3. The van der Waals surface area contributed by atoms with Gasteiger partial charge in [-0.3, -0.25) is 0 Å². The van der Waals surface area contributed by atoms with Gasteiger partial charge in [0.25, 0.3) is 0 Å². The van der Waals surface area contributed by atoms with Gasteiger partial charge >= 0.3 is 0 Å². The van der Waals surface area contributed by atoms with Crippen LogP contribution in [0.2, 0.25) is 0 Å². The smallest absolute Gasteiger partial charge is 0.131 e. The van der Waals surface area contributed by atoms with Crippen molar-refractivity contribution in [1.29, 1.82) is 0 Å². The summed E-state index contributed by atoms with van der Waals surface area (Å²) >= 11 is 0. The SMILES string of the molecule is COc1cc(OC)c([C@@H](N)C2CCC2)c(OC)c1. The Morgan fingerprint density at radius 1 is 1.06 bits per heavy atom. The zero-order valence-corrected chi connectivity index (χ0v) is 11.2. The molecule has 100 valence electrons. The van der Waals surface area contributed by atoms with E-state index in [0.717, 1.165) is 17.1 Å². The van der Waals surface area contributed by atoms with Crippen LogP contribution in [0.1, 0.15) is 30.9 Å². The second-order valence-corrected chi connectivity index (χ2v) is 4.66. The molecule has 1 aliphatic carbocycles. The number of hydrogen-bond acceptors (Lipinski definition) is 4. The third-order valence-electron chi connectivity index (χ3n) is 3.74. The lowest BCUT2D eigenvalue weighted by molar-refractivity contribution is 0.253. The highest BCUT2D eigenvalue weighted by molar-refractivity contribution is 5.52. The summed E-state index contributed by atoms with van der Waals surface area (Å²) in [6, 6.07) is 3.68. The molecule has 1 aromatic rings. The van der Waals surface area contributed by atoms with Crippen LogP contribution in [0.15, 0.2) is 12.1 Å². The Bertz CT molecular complexity index is 390. The van der Waals surface area contributed by atoms with Gasteiger partial charge in [0.1, 0.15) is 17.2 Å². The van der Waals surface area contributed by atoms with Crippen molar-refractivity contribution in [2.24, 2.45) is 11.7 Å². The van der Waals surface area contributed by atoms with E-state index in [0.29, 0.717) is 11.7 Å². The van der Waals surface area contributed by atoms with Gasteiger partial charge in [0.05, 0.1) is 26.9 Å². The highest BCUT2D eigenvalue weighted by Crippen LogP contribution is 2.44. The van der Waals surface area contributed by atoms with Crippen LogP contribution in [0.4, 0.5) is 0 Å². The Labute approximate surface area is 108 Å². The van der Waals surface area contributed by atoms with Crippen LogP contribution < -0.4 is 19.9 Å². The van der Waals surface area contributed by atoms with Crippen LogP contribution in [0.3, 0.4) is 0 Å². The second-order valence-electron chi connectivity index (χ2n) is 4.66. The van der Waals surface area contributed by atoms with E-state index in [2.05, 4.69) is 0 Å². The first-order valence-electron chi connectivity index (χ1n) is 6.26. The molecule has 0 aromatic heterocycles. The number of ether oxygens (including phenoxy) is 3. The maximum atomic E-state index is 6.34. The molecule has 2 N–H and O–H groups in total. The number of hydrogen-bond donors (Lipinski definition) is 1. The molecule has 4 nitrogen and oxygen atoms in total. The summed E-state index contributed by atoms with van der Waals surface area (Å²) in [6.45, 7) is 0. The summed E-state index contributed by atoms with van der Waals surface area (Å²) < 4.78 is 16.1. The zero-order valence-electron chi connectivity index (χ0n) is 11.2. The third kappa shape index (κ3) is 2.25. The van der Waals surface area contributed by atoms with Crippen molar-refractivity contribution in [3.8, 4) is 17.2 Å². The quantitative estimate of drug-likeness (QED) is 0.873. The summed E-state index contributed by atoms with van der Waals surface area (Å²) in [5.41, 5.74) is 7.29. The Morgan fingerprint density at radius 2 is 1.61 bits per heavy atom. The predicted molar refractivity (Wildman–Crippen MR) is 70.4 cm³/mol. The molecule has 0 bridgehead atoms. The molecule has 4 heteroatoms. The lowest BCUT2D eigenvalue weighted by Gasteiger charge is -2.33. The van der Waals surface area contributed by atoms with Gasteiger partial charge in [-0.1, -0.05) is 6.42 Å². The van der Waals surface area contributed by atoms with Crippen molar-refractivity contribution in [1.82, 2.24) is 0 Å². The molecule has 2 rings (SSSR count). The largest absolute Gasteiger partial charge is 0.496 e. The molecule has 1 aliphatic rings. The average Bonchev–Trinajstić information content (AvgIpc) is 2.34. The molecule has 0 heterocycles. The summed E-state index contributed by atoms with van der Waals surface area (Å²) in [6.07, 6.45) is 3.62. The second kappa shape index (κ2) is 5.48. The fourth-order valence-corrected chi connectivity index (χ4v) is 2.40. The van der Waals surface area contributed by atoms with Crippen LogP contribution in [-0.4, -0.2) is 21.3 Å². The van der Waals surface area contributed by atoms with E-state index in [4.69, 9.17) is 19.9 Å². The van der Waals surface area contributed by atoms with Gasteiger partial charge in [0.15, 0.2) is 0 Å². The molecular weight excluding hydrogens is 230 g/mol. The van der Waals surface area contributed by atoms with Crippen LogP contribution in [-0.2, 0) is 0 Å². The van der Waals surface area contributed by atoms with Gasteiger partial charge in [0.2, 0.25) is 0 Å². The highest BCUT2D eigenvalue weighted by atomic mass is 16.5. The highest BCUT2D eigenvalue weighted by Gasteiger charge is 2.30. The van der Waals surface area contributed by atoms with E-state index >= 15 is 0 Å². The van der Waals surface area contributed by atoms with Gasteiger partial charge in [-0.15, -0.1) is 0 Å². The van der Waals surface area contributed by atoms with Gasteiger partial charge in [0, 0.05) is 18.2 Å². The molecule has 0 aliphatic heterocycles. The van der Waals surface area contributed by atoms with Gasteiger partial charge in [-0.2, -0.15) is 0 Å². The van der Waals surface area contributed by atoms with Crippen molar-refractivity contribution >= 4 is 0 Å². The van der Waals surface area contributed by atoms with E-state index in [9.17, 15) is 0 Å². The average molecular weight is 251 g/mol. The maximum Gasteiger partial charge on any atom is 0.131 e. The van der Waals surface area contributed by atoms with Crippen molar-refractivity contribution in [2.75, 3.05) is 21.3 Å². The molecule has 0 spiro atoms. The van der Waals surface area contributed by atoms with Gasteiger partial charge in [-0.25, -0.2) is 0 Å². The van der Waals surface area contributed by atoms with Crippen LogP contribution in [0, 0.1) is 5.92 Å². The molecule has 0 saturated heterocycles. The molecule has 1 saturated carbocycles. The zero-order chi connectivity index (χ0) is 13.1. The molecule has 18 heavy (non-hydrogen) atoms. The summed E-state index contributed by atoms with van der Waals surface area (Å²) in [4.78, 5) is 0. The lowest BCUT2D eigenvalue weighted by Crippen LogP contribution is -2.27. The minimum atomic E-state index is -0.0328. The van der Waals surface area contributed by atoms with E-state index in [1.807, 2.05) is 12.1 Å². The van der Waals surface area contributed by atoms with Gasteiger partial charge < -0.3 is 19.9 Å². The summed E-state index contributed by atoms with van der Waals surface area (Å²) in [5.74, 6) is 2.73. The monoisotopic (exact) mass is 251 g/mol. The first-order valence-corrected chi connectivity index (χ1v) is 6.26. The standard InChI is InChI=1S/C14H21NO3/c1-16-10-7-11(17-2)13(12(8-10)18-3)14(15)9-5-4-6-9/h7-9,14H,4-6,15H2,1-3H3/t14-/m0/s1. The normalized spacial score (nSPS) is 16.9. The lowest BCUT2D eigenvalue weighted by atomic mass is 9.77. The van der Waals surface area contributed by atoms with E-state index in [1.165, 1.54) is 19.3 Å². The molecule has 1 aromatic carbocycles. The summed E-state index contributed by atoms with van der Waals surface area (Å²) in [7, 11) is 4.91. The van der Waals surface area contributed by atoms with Crippen molar-refractivity contribution in [3.63, 3.8) is 0 Å². The molecule has 1 fully saturated rings. The number of benzene rings is 1. The molecule has 0 unspecified atom stereocenters. The minimum Gasteiger partial charge on any atom is -0.496 e. The fraction of sp³-hybridized carbons (Fsp3) is 0.571. The minimum absolute atomic E-state index is 0.0328. The third-order valence-corrected chi connectivity index (χ3v) is 3.74. The Hall–Kier alpha value is -1.42.